The second-order valence-electron chi connectivity index (χ2n) is 9.68. The van der Waals surface area contributed by atoms with E-state index in [0.717, 1.165) is 0 Å². The number of hydrogen-bond donors (Lipinski definition) is 11. The number of carboxylic acid groups (broad SMARTS) is 8. The van der Waals surface area contributed by atoms with Crippen LogP contribution in [0.4, 0.5) is 39.5 Å². The Hall–Kier alpha value is -5.52. The van der Waals surface area contributed by atoms with E-state index >= 15 is 0 Å². The molecule has 0 aliphatic rings. The molecule has 0 rings (SSSR count). The number of hydrogen-bond acceptors (Lipinski definition) is 13. The lowest BCUT2D eigenvalue weighted by Crippen LogP contribution is -2.62. The Morgan fingerprint density at radius 2 is 0.596 bits per heavy atom. The molecular formula is C22H23F9O21. The maximum atomic E-state index is 13.0. The minimum atomic E-state index is -7.37. The van der Waals surface area contributed by atoms with Crippen molar-refractivity contribution in [2.75, 3.05) is 0 Å². The zero-order chi connectivity index (χ0) is 42.6. The van der Waals surface area contributed by atoms with Gasteiger partial charge < -0.3 is 60.9 Å². The highest BCUT2D eigenvalue weighted by atomic mass is 19.4. The number of carboxylic acids is 8. The first kappa shape index (κ1) is 50.9. The molecule has 300 valence electrons. The largest absolute Gasteiger partial charge is 0.481 e. The average Bonchev–Trinajstić information content (AvgIpc) is 2.85. The fourth-order valence-corrected chi connectivity index (χ4v) is 2.73. The van der Waals surface area contributed by atoms with Crippen molar-refractivity contribution < 1.29 is 144 Å². The molecule has 52 heavy (non-hydrogen) atoms. The third-order valence-electron chi connectivity index (χ3n) is 5.21. The zero-order valence-corrected chi connectivity index (χ0v) is 24.6. The van der Waals surface area contributed by atoms with E-state index in [2.05, 4.69) is 4.74 Å². The van der Waals surface area contributed by atoms with Gasteiger partial charge in [0, 0.05) is 0 Å². The minimum Gasteiger partial charge on any atom is -0.481 e. The molecule has 0 aliphatic carbocycles. The highest BCUT2D eigenvalue weighted by Crippen LogP contribution is 2.53. The Balaban J connectivity index is -0.000000773. The molecule has 30 heteroatoms. The first-order valence-electron chi connectivity index (χ1n) is 12.1. The standard InChI is InChI=1S/C10H7F9O7.2C6H8O7/c11-7(12,9(15,16)17)8(13,14)10(18,19)26-4(22)2-6(25,5(23)24)1-3(20)21;2*7-3(8)1-6(13,5(11)12)2-4(9)10/h25H,1-2H2,(H,20,21)(H,23,24);2*13H,1-2H2,(H,7,8)(H,9,10)(H,11,12). The van der Waals surface area contributed by atoms with E-state index in [9.17, 15) is 87.8 Å². The lowest BCUT2D eigenvalue weighted by molar-refractivity contribution is -0.435. The van der Waals surface area contributed by atoms with E-state index < -0.39 is 133 Å². The molecule has 11 N–H and O–H groups in total. The predicted molar refractivity (Wildman–Crippen MR) is 131 cm³/mol. The molecule has 0 fully saturated rings. The zero-order valence-electron chi connectivity index (χ0n) is 24.6. The fourth-order valence-electron chi connectivity index (χ4n) is 2.73. The van der Waals surface area contributed by atoms with E-state index in [1.165, 1.54) is 0 Å². The van der Waals surface area contributed by atoms with Crippen LogP contribution in [-0.4, -0.2) is 151 Å². The summed E-state index contributed by atoms with van der Waals surface area (Å²) in [7, 11) is 0. The van der Waals surface area contributed by atoms with E-state index in [1.54, 1.807) is 0 Å². The van der Waals surface area contributed by atoms with Gasteiger partial charge in [0.25, 0.3) is 0 Å². The van der Waals surface area contributed by atoms with Crippen molar-refractivity contribution in [1.29, 1.82) is 0 Å². The van der Waals surface area contributed by atoms with Gasteiger partial charge in [0.1, 0.15) is 0 Å². The predicted octanol–water partition coefficient (Wildman–Crippen LogP) is -0.861. The summed E-state index contributed by atoms with van der Waals surface area (Å²) < 4.78 is 115. The number of halogens is 9. The van der Waals surface area contributed by atoms with Gasteiger partial charge in [-0.2, -0.15) is 39.5 Å². The van der Waals surface area contributed by atoms with Crippen LogP contribution in [0.5, 0.6) is 0 Å². The summed E-state index contributed by atoms with van der Waals surface area (Å²) in [5.74, 6) is -32.3. The summed E-state index contributed by atoms with van der Waals surface area (Å²) in [5, 5.41) is 93.7. The molecule has 0 aromatic rings. The lowest BCUT2D eigenvalue weighted by Gasteiger charge is -2.32. The summed E-state index contributed by atoms with van der Waals surface area (Å²) in [5.41, 5.74) is -9.17. The van der Waals surface area contributed by atoms with Crippen molar-refractivity contribution in [3.8, 4) is 0 Å². The van der Waals surface area contributed by atoms with Crippen molar-refractivity contribution in [3.63, 3.8) is 0 Å². The van der Waals surface area contributed by atoms with Gasteiger partial charge >= 0.3 is 77.9 Å². The van der Waals surface area contributed by atoms with E-state index in [0.29, 0.717) is 0 Å². The number of carbonyl (C=O) groups excluding carboxylic acids is 1. The number of esters is 1. The normalized spacial score (nSPS) is 13.4. The highest BCUT2D eigenvalue weighted by Gasteiger charge is 2.84. The minimum absolute atomic E-state index is 1.14. The molecule has 0 spiro atoms. The van der Waals surface area contributed by atoms with Crippen LogP contribution < -0.4 is 0 Å². The monoisotopic (exact) mass is 794 g/mol. The molecule has 0 saturated carbocycles. The maximum absolute atomic E-state index is 13.0. The van der Waals surface area contributed by atoms with Crippen LogP contribution >= 0.6 is 0 Å². The summed E-state index contributed by atoms with van der Waals surface area (Å²) >= 11 is 0. The quantitative estimate of drug-likeness (QED) is 0.0594. The number of aliphatic carboxylic acids is 8. The smallest absolute Gasteiger partial charge is 0.473 e. The van der Waals surface area contributed by atoms with Crippen LogP contribution in [0.25, 0.3) is 0 Å². The Kier molecular flexibility index (Phi) is 17.7. The molecular weight excluding hydrogens is 771 g/mol. The number of carbonyl (C=O) groups is 9. The molecule has 0 bridgehead atoms. The van der Waals surface area contributed by atoms with Gasteiger partial charge in [0.15, 0.2) is 16.8 Å². The number of ether oxygens (including phenoxy) is 1. The van der Waals surface area contributed by atoms with Crippen molar-refractivity contribution in [2.45, 2.75) is 79.5 Å². The van der Waals surface area contributed by atoms with Gasteiger partial charge in [-0.1, -0.05) is 0 Å². The van der Waals surface area contributed by atoms with Crippen LogP contribution in [-0.2, 0) is 47.9 Å². The van der Waals surface area contributed by atoms with Gasteiger partial charge in [-0.25, -0.2) is 14.4 Å². The highest BCUT2D eigenvalue weighted by molar-refractivity contribution is 5.89. The second-order valence-corrected chi connectivity index (χ2v) is 9.68. The van der Waals surface area contributed by atoms with Crippen LogP contribution in [0.15, 0.2) is 0 Å². The Labute approximate surface area is 277 Å². The molecule has 0 aromatic heterocycles. The van der Waals surface area contributed by atoms with Gasteiger partial charge in [-0.15, -0.1) is 0 Å². The SMILES string of the molecule is O=C(O)CC(O)(CC(=O)O)C(=O)O.O=C(O)CC(O)(CC(=O)O)C(=O)O.O=C(O)CC(O)(CC(=O)OC(F)(F)C(F)(F)C(F)(F)C(F)(F)F)C(=O)O. The maximum Gasteiger partial charge on any atom is 0.473 e. The van der Waals surface area contributed by atoms with Crippen LogP contribution in [0, 0.1) is 0 Å². The van der Waals surface area contributed by atoms with Crippen LogP contribution in [0.2, 0.25) is 0 Å². The molecule has 21 nitrogen and oxygen atoms in total. The van der Waals surface area contributed by atoms with Crippen LogP contribution in [0.1, 0.15) is 38.5 Å². The van der Waals surface area contributed by atoms with E-state index in [-0.39, 0.29) is 0 Å². The summed E-state index contributed by atoms with van der Waals surface area (Å²) in [6, 6.07) is 0. The molecule has 1 atom stereocenters. The van der Waals surface area contributed by atoms with Crippen molar-refractivity contribution in [3.05, 3.63) is 0 Å². The lowest BCUT2D eigenvalue weighted by atomic mass is 9.96. The first-order valence-corrected chi connectivity index (χ1v) is 12.1. The molecule has 0 saturated heterocycles. The fraction of sp³-hybridized carbons (Fsp3) is 0.591. The van der Waals surface area contributed by atoms with Gasteiger partial charge in [0.05, 0.1) is 38.5 Å². The third-order valence-corrected chi connectivity index (χ3v) is 5.21. The Morgan fingerprint density at radius 1 is 0.385 bits per heavy atom. The second kappa shape index (κ2) is 18.1. The van der Waals surface area contributed by atoms with E-state index in [1.807, 2.05) is 0 Å². The number of rotatable bonds is 18. The summed E-state index contributed by atoms with van der Waals surface area (Å²) in [4.78, 5) is 92.9. The van der Waals surface area contributed by atoms with E-state index in [4.69, 9.17) is 51.1 Å². The molecule has 0 radical (unpaired) electrons. The Bertz CT molecular complexity index is 1310. The first-order chi connectivity index (χ1) is 22.8. The topological polar surface area (TPSA) is 385 Å². The van der Waals surface area contributed by atoms with Gasteiger partial charge in [-0.05, 0) is 0 Å². The molecule has 0 aromatic carbocycles. The average molecular weight is 794 g/mol. The number of alkyl halides is 9. The summed E-state index contributed by atoms with van der Waals surface area (Å²) in [6.45, 7) is 0. The van der Waals surface area contributed by atoms with Crippen molar-refractivity contribution in [2.24, 2.45) is 0 Å². The van der Waals surface area contributed by atoms with Crippen molar-refractivity contribution >= 4 is 53.7 Å². The van der Waals surface area contributed by atoms with Crippen molar-refractivity contribution in [1.82, 2.24) is 0 Å². The third kappa shape index (κ3) is 15.2. The molecule has 0 heterocycles. The molecule has 0 aliphatic heterocycles. The van der Waals surface area contributed by atoms with Gasteiger partial charge in [0.2, 0.25) is 0 Å². The summed E-state index contributed by atoms with van der Waals surface area (Å²) in [6.07, 6.45) is -22.7. The number of aliphatic hydroxyl groups is 3. The molecule has 0 amide bonds. The molecule has 1 unspecified atom stereocenters. The Morgan fingerprint density at radius 3 is 0.769 bits per heavy atom. The van der Waals surface area contributed by atoms with Crippen LogP contribution in [0.3, 0.4) is 0 Å². The van der Waals surface area contributed by atoms with Gasteiger partial charge in [-0.3, -0.25) is 28.8 Å².